The molecule has 6 heteroatoms. The molecule has 2 atom stereocenters. The monoisotopic (exact) mass is 467 g/mol. The molecule has 0 bridgehead atoms. The van der Waals surface area contributed by atoms with Crippen molar-refractivity contribution in [2.75, 3.05) is 26.7 Å². The Labute approximate surface area is 173 Å². The Morgan fingerprint density at radius 3 is 2.65 bits per heavy atom. The molecule has 1 aromatic heterocycles. The number of fused-ring (bicyclic) bond motifs is 2. The Morgan fingerprint density at radius 1 is 1.19 bits per heavy atom. The maximum atomic E-state index is 4.52. The fourth-order valence-electron chi connectivity index (χ4n) is 4.55. The zero-order chi connectivity index (χ0) is 17.1. The summed E-state index contributed by atoms with van der Waals surface area (Å²) >= 11 is 0. The highest BCUT2D eigenvalue weighted by Crippen LogP contribution is 2.35. The van der Waals surface area contributed by atoms with Crippen LogP contribution in [0, 0.1) is 11.8 Å². The highest BCUT2D eigenvalue weighted by atomic mass is 127. The fraction of sp³-hybridized carbons (Fsp3) is 0.600. The van der Waals surface area contributed by atoms with E-state index in [1.165, 1.54) is 44.3 Å². The minimum Gasteiger partial charge on any atom is -0.356 e. The van der Waals surface area contributed by atoms with Crippen LogP contribution in [0.15, 0.2) is 35.6 Å². The van der Waals surface area contributed by atoms with E-state index >= 15 is 0 Å². The number of hydrogen-bond donors (Lipinski definition) is 1. The van der Waals surface area contributed by atoms with Crippen LogP contribution in [-0.2, 0) is 6.54 Å². The van der Waals surface area contributed by atoms with Crippen LogP contribution < -0.4 is 5.32 Å². The van der Waals surface area contributed by atoms with Gasteiger partial charge in [-0.3, -0.25) is 4.99 Å². The molecule has 0 spiro atoms. The minimum atomic E-state index is 0. The molecule has 142 valence electrons. The average molecular weight is 467 g/mol. The molecule has 26 heavy (non-hydrogen) atoms. The van der Waals surface area contributed by atoms with E-state index in [4.69, 9.17) is 0 Å². The predicted octanol–water partition coefficient (Wildman–Crippen LogP) is 3.74. The summed E-state index contributed by atoms with van der Waals surface area (Å²) < 4.78 is 2.24. The summed E-state index contributed by atoms with van der Waals surface area (Å²) in [5.41, 5.74) is 2.29. The standard InChI is InChI=1S/C20H29N5.HI/c1-21-20(25-13-16-7-2-3-8-17(16)14-25)22-11-6-12-24-15-23-18-9-4-5-10-19(18)24;/h4-5,9-10,15-17H,2-3,6-8,11-14H2,1H3,(H,21,22);1H. The third-order valence-electron chi connectivity index (χ3n) is 5.87. The number of aromatic nitrogens is 2. The van der Waals surface area contributed by atoms with Gasteiger partial charge in [0, 0.05) is 33.2 Å². The lowest BCUT2D eigenvalue weighted by Crippen LogP contribution is -2.40. The van der Waals surface area contributed by atoms with Crippen LogP contribution in [0.25, 0.3) is 11.0 Å². The first-order chi connectivity index (χ1) is 12.3. The van der Waals surface area contributed by atoms with E-state index in [-0.39, 0.29) is 24.0 Å². The molecule has 1 saturated carbocycles. The molecule has 2 fully saturated rings. The summed E-state index contributed by atoms with van der Waals surface area (Å²) in [7, 11) is 1.91. The van der Waals surface area contributed by atoms with Crippen molar-refractivity contribution in [2.45, 2.75) is 38.6 Å². The van der Waals surface area contributed by atoms with Crippen LogP contribution in [0.4, 0.5) is 0 Å². The van der Waals surface area contributed by atoms with E-state index in [2.05, 4.69) is 43.0 Å². The van der Waals surface area contributed by atoms with Gasteiger partial charge in [0.15, 0.2) is 5.96 Å². The van der Waals surface area contributed by atoms with Crippen LogP contribution in [0.3, 0.4) is 0 Å². The number of guanidine groups is 1. The van der Waals surface area contributed by atoms with Gasteiger partial charge in [-0.25, -0.2) is 4.98 Å². The molecule has 4 rings (SSSR count). The molecule has 1 aliphatic heterocycles. The van der Waals surface area contributed by atoms with Gasteiger partial charge in [-0.05, 0) is 43.2 Å². The molecule has 0 amide bonds. The van der Waals surface area contributed by atoms with Gasteiger partial charge in [0.25, 0.3) is 0 Å². The van der Waals surface area contributed by atoms with Crippen LogP contribution in [0.1, 0.15) is 32.1 Å². The summed E-state index contributed by atoms with van der Waals surface area (Å²) in [5, 5.41) is 3.57. The van der Waals surface area contributed by atoms with Crippen molar-refractivity contribution >= 4 is 41.0 Å². The van der Waals surface area contributed by atoms with Gasteiger partial charge in [0.1, 0.15) is 0 Å². The van der Waals surface area contributed by atoms with Gasteiger partial charge in [-0.2, -0.15) is 0 Å². The molecular weight excluding hydrogens is 437 g/mol. The smallest absolute Gasteiger partial charge is 0.193 e. The lowest BCUT2D eigenvalue weighted by molar-refractivity contribution is 0.299. The minimum absolute atomic E-state index is 0. The SMILES string of the molecule is CN=C(NCCCn1cnc2ccccc21)N1CC2CCCCC2C1.I. The van der Waals surface area contributed by atoms with E-state index in [9.17, 15) is 0 Å². The number of nitrogens with zero attached hydrogens (tertiary/aromatic N) is 4. The van der Waals surface area contributed by atoms with E-state index in [1.54, 1.807) is 0 Å². The highest BCUT2D eigenvalue weighted by molar-refractivity contribution is 14.0. The van der Waals surface area contributed by atoms with Crippen molar-refractivity contribution in [3.63, 3.8) is 0 Å². The normalized spacial score (nSPS) is 23.0. The topological polar surface area (TPSA) is 45.5 Å². The zero-order valence-corrected chi connectivity index (χ0v) is 17.9. The summed E-state index contributed by atoms with van der Waals surface area (Å²) in [6, 6.07) is 8.33. The Kier molecular flexibility index (Phi) is 6.78. The molecular formula is C20H30IN5. The largest absolute Gasteiger partial charge is 0.356 e. The zero-order valence-electron chi connectivity index (χ0n) is 15.6. The third-order valence-corrected chi connectivity index (χ3v) is 5.87. The number of likely N-dealkylation sites (tertiary alicyclic amines) is 1. The number of imidazole rings is 1. The molecule has 1 aliphatic carbocycles. The Bertz CT molecular complexity index is 727. The number of aliphatic imine (C=N–C) groups is 1. The second-order valence-electron chi connectivity index (χ2n) is 7.46. The quantitative estimate of drug-likeness (QED) is 0.323. The van der Waals surface area contributed by atoms with Gasteiger partial charge in [0.05, 0.1) is 17.4 Å². The van der Waals surface area contributed by atoms with Crippen molar-refractivity contribution < 1.29 is 0 Å². The molecule has 2 aliphatic rings. The molecule has 0 radical (unpaired) electrons. The number of nitrogens with one attached hydrogen (secondary N) is 1. The van der Waals surface area contributed by atoms with Crippen LogP contribution in [-0.4, -0.2) is 47.1 Å². The molecule has 1 aromatic carbocycles. The summed E-state index contributed by atoms with van der Waals surface area (Å²) in [4.78, 5) is 11.5. The first-order valence-electron chi connectivity index (χ1n) is 9.70. The third kappa shape index (κ3) is 4.15. The molecule has 1 N–H and O–H groups in total. The fourth-order valence-corrected chi connectivity index (χ4v) is 4.55. The first-order valence-corrected chi connectivity index (χ1v) is 9.70. The Morgan fingerprint density at radius 2 is 1.92 bits per heavy atom. The van der Waals surface area contributed by atoms with Crippen molar-refractivity contribution in [2.24, 2.45) is 16.8 Å². The summed E-state index contributed by atoms with van der Waals surface area (Å²) in [6.07, 6.45) is 8.67. The van der Waals surface area contributed by atoms with Crippen molar-refractivity contribution in [1.29, 1.82) is 0 Å². The maximum absolute atomic E-state index is 4.52. The number of rotatable bonds is 4. The van der Waals surface area contributed by atoms with Gasteiger partial charge < -0.3 is 14.8 Å². The molecule has 2 unspecified atom stereocenters. The Balaban J connectivity index is 0.00000196. The van der Waals surface area contributed by atoms with Crippen molar-refractivity contribution in [3.05, 3.63) is 30.6 Å². The van der Waals surface area contributed by atoms with Gasteiger partial charge in [-0.1, -0.05) is 25.0 Å². The molecule has 2 aromatic rings. The number of aryl methyl sites for hydroxylation is 1. The van der Waals surface area contributed by atoms with Crippen LogP contribution in [0.5, 0.6) is 0 Å². The average Bonchev–Trinajstić information content (AvgIpc) is 3.26. The van der Waals surface area contributed by atoms with Crippen LogP contribution >= 0.6 is 24.0 Å². The summed E-state index contributed by atoms with van der Waals surface area (Å²) in [5.74, 6) is 2.87. The predicted molar refractivity (Wildman–Crippen MR) is 118 cm³/mol. The van der Waals surface area contributed by atoms with E-state index < -0.39 is 0 Å². The van der Waals surface area contributed by atoms with E-state index in [0.717, 1.165) is 42.8 Å². The number of benzene rings is 1. The van der Waals surface area contributed by atoms with E-state index in [1.807, 2.05) is 19.4 Å². The highest BCUT2D eigenvalue weighted by Gasteiger charge is 2.35. The summed E-state index contributed by atoms with van der Waals surface area (Å²) in [6.45, 7) is 4.31. The molecule has 1 saturated heterocycles. The maximum Gasteiger partial charge on any atom is 0.193 e. The number of para-hydroxylation sites is 2. The lowest BCUT2D eigenvalue weighted by atomic mass is 9.82. The number of hydrogen-bond acceptors (Lipinski definition) is 2. The van der Waals surface area contributed by atoms with E-state index in [0.29, 0.717) is 0 Å². The molecule has 2 heterocycles. The first kappa shape index (κ1) is 19.5. The van der Waals surface area contributed by atoms with Gasteiger partial charge >= 0.3 is 0 Å². The molecule has 5 nitrogen and oxygen atoms in total. The Hall–Kier alpha value is -1.31. The van der Waals surface area contributed by atoms with Crippen molar-refractivity contribution in [3.8, 4) is 0 Å². The second-order valence-corrected chi connectivity index (χ2v) is 7.46. The lowest BCUT2D eigenvalue weighted by Gasteiger charge is -2.22. The van der Waals surface area contributed by atoms with Gasteiger partial charge in [-0.15, -0.1) is 24.0 Å². The van der Waals surface area contributed by atoms with Gasteiger partial charge in [0.2, 0.25) is 0 Å². The van der Waals surface area contributed by atoms with Crippen LogP contribution in [0.2, 0.25) is 0 Å². The van der Waals surface area contributed by atoms with Crippen molar-refractivity contribution in [1.82, 2.24) is 19.8 Å². The second kappa shape index (κ2) is 9.06. The number of halogens is 1.